The van der Waals surface area contributed by atoms with Gasteiger partial charge in [-0.15, -0.1) is 24.0 Å². The molecule has 2 aromatic carbocycles. The number of nitrogens with zero attached hydrogens (tertiary/aromatic N) is 3. The Morgan fingerprint density at radius 2 is 1.71 bits per heavy atom. The quantitative estimate of drug-likeness (QED) is 0.210. The lowest BCUT2D eigenvalue weighted by Crippen LogP contribution is -2.49. The molecule has 1 fully saturated rings. The Balaban J connectivity index is 0.00000341. The molecule has 1 saturated heterocycles. The molecule has 172 valence electrons. The number of hydrogen-bond donors (Lipinski definition) is 2. The fraction of sp³-hybridized carbons (Fsp3) is 0.542. The summed E-state index contributed by atoms with van der Waals surface area (Å²) in [6.45, 7) is 14.5. The number of piperazine rings is 1. The van der Waals surface area contributed by atoms with Crippen molar-refractivity contribution < 1.29 is 4.74 Å². The number of hydrogen-bond acceptors (Lipinski definition) is 4. The summed E-state index contributed by atoms with van der Waals surface area (Å²) in [6, 6.07) is 14.6. The fourth-order valence-electron chi connectivity index (χ4n) is 3.71. The maximum atomic E-state index is 5.91. The summed E-state index contributed by atoms with van der Waals surface area (Å²) in [7, 11) is 0. The molecule has 2 aromatic rings. The molecule has 0 radical (unpaired) electrons. The van der Waals surface area contributed by atoms with Crippen LogP contribution in [0.25, 0.3) is 10.8 Å². The van der Waals surface area contributed by atoms with Gasteiger partial charge in [0.2, 0.25) is 0 Å². The molecule has 0 unspecified atom stereocenters. The Kier molecular flexibility index (Phi) is 12.0. The molecule has 0 saturated carbocycles. The van der Waals surface area contributed by atoms with Crippen LogP contribution in [0.5, 0.6) is 5.75 Å². The number of fused-ring (bicyclic) bond motifs is 1. The van der Waals surface area contributed by atoms with Crippen molar-refractivity contribution in [3.8, 4) is 5.75 Å². The Labute approximate surface area is 204 Å². The number of guanidine groups is 1. The third-order valence-electron chi connectivity index (χ3n) is 5.54. The zero-order valence-electron chi connectivity index (χ0n) is 19.0. The van der Waals surface area contributed by atoms with Crippen LogP contribution in [0.4, 0.5) is 0 Å². The van der Waals surface area contributed by atoms with E-state index >= 15 is 0 Å². The molecule has 1 aliphatic heterocycles. The lowest BCUT2D eigenvalue weighted by molar-refractivity contribution is 0.139. The highest BCUT2D eigenvalue weighted by Crippen LogP contribution is 2.20. The number of likely N-dealkylation sites (N-methyl/N-ethyl adjacent to an activating group) is 1. The lowest BCUT2D eigenvalue weighted by Gasteiger charge is -2.34. The van der Waals surface area contributed by atoms with Crippen molar-refractivity contribution in [2.24, 2.45) is 4.99 Å². The second-order valence-corrected chi connectivity index (χ2v) is 7.67. The normalized spacial score (nSPS) is 15.5. The largest absolute Gasteiger partial charge is 0.494 e. The molecule has 6 nitrogen and oxygen atoms in total. The van der Waals surface area contributed by atoms with Crippen molar-refractivity contribution >= 4 is 40.7 Å². The molecule has 0 aliphatic carbocycles. The molecule has 0 amide bonds. The molecule has 3 rings (SSSR count). The minimum absolute atomic E-state index is 0. The lowest BCUT2D eigenvalue weighted by atomic mass is 10.1. The van der Waals surface area contributed by atoms with Crippen molar-refractivity contribution in [1.82, 2.24) is 20.4 Å². The standard InChI is InChI=1S/C24H37N5O.HI/c1-3-25-24(27-13-14-29-17-15-28(4-2)16-18-29)26-12-7-19-30-23-11-10-21-8-5-6-9-22(21)20-23;/h5-6,8-11,20H,3-4,7,12-19H2,1-2H3,(H2,25,26,27);1H. The van der Waals surface area contributed by atoms with E-state index in [-0.39, 0.29) is 24.0 Å². The third kappa shape index (κ3) is 8.82. The Morgan fingerprint density at radius 1 is 0.968 bits per heavy atom. The van der Waals surface area contributed by atoms with Crippen LogP contribution >= 0.6 is 24.0 Å². The average Bonchev–Trinajstić information content (AvgIpc) is 2.79. The number of nitrogens with one attached hydrogen (secondary N) is 2. The SMILES string of the molecule is CCNC(=NCCCOc1ccc2ccccc2c1)NCCN1CCN(CC)CC1.I. The second-order valence-electron chi connectivity index (χ2n) is 7.67. The van der Waals surface area contributed by atoms with Gasteiger partial charge in [0, 0.05) is 58.8 Å². The van der Waals surface area contributed by atoms with Gasteiger partial charge in [-0.05, 0) is 36.4 Å². The van der Waals surface area contributed by atoms with Gasteiger partial charge in [-0.2, -0.15) is 0 Å². The summed E-state index contributed by atoms with van der Waals surface area (Å²) in [5.74, 6) is 1.82. The van der Waals surface area contributed by atoms with Crippen molar-refractivity contribution in [2.75, 3.05) is 65.5 Å². The van der Waals surface area contributed by atoms with E-state index in [0.717, 1.165) is 63.9 Å². The summed E-state index contributed by atoms with van der Waals surface area (Å²) in [4.78, 5) is 9.73. The molecule has 1 aliphatic rings. The predicted molar refractivity (Wildman–Crippen MR) is 142 cm³/mol. The van der Waals surface area contributed by atoms with E-state index in [1.807, 2.05) is 6.07 Å². The van der Waals surface area contributed by atoms with Crippen LogP contribution in [0, 0.1) is 0 Å². The highest BCUT2D eigenvalue weighted by atomic mass is 127. The van der Waals surface area contributed by atoms with Crippen LogP contribution in [0.3, 0.4) is 0 Å². The monoisotopic (exact) mass is 539 g/mol. The second kappa shape index (κ2) is 14.5. The molecular formula is C24H38IN5O. The van der Waals surface area contributed by atoms with E-state index in [9.17, 15) is 0 Å². The average molecular weight is 540 g/mol. The summed E-state index contributed by atoms with van der Waals surface area (Å²) in [5, 5.41) is 9.25. The fourth-order valence-corrected chi connectivity index (χ4v) is 3.71. The third-order valence-corrected chi connectivity index (χ3v) is 5.54. The van der Waals surface area contributed by atoms with Crippen LogP contribution < -0.4 is 15.4 Å². The van der Waals surface area contributed by atoms with Gasteiger partial charge in [0.1, 0.15) is 5.75 Å². The minimum atomic E-state index is 0. The van der Waals surface area contributed by atoms with E-state index in [4.69, 9.17) is 9.73 Å². The van der Waals surface area contributed by atoms with Crippen LogP contribution in [-0.2, 0) is 0 Å². The van der Waals surface area contributed by atoms with Gasteiger partial charge in [-0.3, -0.25) is 9.89 Å². The van der Waals surface area contributed by atoms with E-state index < -0.39 is 0 Å². The van der Waals surface area contributed by atoms with Gasteiger partial charge in [-0.1, -0.05) is 37.3 Å². The Morgan fingerprint density at radius 3 is 2.45 bits per heavy atom. The highest BCUT2D eigenvalue weighted by molar-refractivity contribution is 14.0. The molecule has 0 atom stereocenters. The summed E-state index contributed by atoms with van der Waals surface area (Å²) >= 11 is 0. The van der Waals surface area contributed by atoms with Gasteiger partial charge in [0.25, 0.3) is 0 Å². The summed E-state index contributed by atoms with van der Waals surface area (Å²) in [5.41, 5.74) is 0. The molecule has 0 spiro atoms. The van der Waals surface area contributed by atoms with Gasteiger partial charge in [0.15, 0.2) is 5.96 Å². The first-order chi connectivity index (χ1) is 14.8. The number of aliphatic imine (C=N–C) groups is 1. The van der Waals surface area contributed by atoms with Gasteiger partial charge in [-0.25, -0.2) is 0 Å². The molecule has 0 bridgehead atoms. The topological polar surface area (TPSA) is 52.1 Å². The minimum Gasteiger partial charge on any atom is -0.494 e. The van der Waals surface area contributed by atoms with E-state index in [2.05, 4.69) is 70.7 Å². The molecular weight excluding hydrogens is 501 g/mol. The summed E-state index contributed by atoms with van der Waals surface area (Å²) < 4.78 is 5.91. The molecule has 7 heteroatoms. The first-order valence-corrected chi connectivity index (χ1v) is 11.4. The maximum absolute atomic E-state index is 5.91. The van der Waals surface area contributed by atoms with E-state index in [0.29, 0.717) is 6.61 Å². The van der Waals surface area contributed by atoms with Gasteiger partial charge >= 0.3 is 0 Å². The first kappa shape index (κ1) is 25.7. The Bertz CT molecular complexity index is 792. The van der Waals surface area contributed by atoms with Crippen LogP contribution in [0.1, 0.15) is 20.3 Å². The molecule has 2 N–H and O–H groups in total. The van der Waals surface area contributed by atoms with Crippen molar-refractivity contribution in [1.29, 1.82) is 0 Å². The van der Waals surface area contributed by atoms with Crippen molar-refractivity contribution in [3.63, 3.8) is 0 Å². The Hall–Kier alpha value is -1.58. The first-order valence-electron chi connectivity index (χ1n) is 11.4. The van der Waals surface area contributed by atoms with Gasteiger partial charge in [0.05, 0.1) is 6.61 Å². The number of rotatable bonds is 10. The van der Waals surface area contributed by atoms with Crippen LogP contribution in [0.2, 0.25) is 0 Å². The zero-order valence-corrected chi connectivity index (χ0v) is 21.3. The van der Waals surface area contributed by atoms with E-state index in [1.165, 1.54) is 23.9 Å². The number of ether oxygens (including phenoxy) is 1. The van der Waals surface area contributed by atoms with Gasteiger partial charge < -0.3 is 20.3 Å². The molecule has 1 heterocycles. The number of halogens is 1. The van der Waals surface area contributed by atoms with Crippen molar-refractivity contribution in [2.45, 2.75) is 20.3 Å². The predicted octanol–water partition coefficient (Wildman–Crippen LogP) is 3.42. The highest BCUT2D eigenvalue weighted by Gasteiger charge is 2.14. The smallest absolute Gasteiger partial charge is 0.191 e. The number of benzene rings is 2. The van der Waals surface area contributed by atoms with Crippen LogP contribution in [-0.4, -0.2) is 81.3 Å². The van der Waals surface area contributed by atoms with E-state index in [1.54, 1.807) is 0 Å². The molecule has 31 heavy (non-hydrogen) atoms. The van der Waals surface area contributed by atoms with Crippen molar-refractivity contribution in [3.05, 3.63) is 42.5 Å². The molecule has 0 aromatic heterocycles. The zero-order chi connectivity index (χ0) is 21.0. The summed E-state index contributed by atoms with van der Waals surface area (Å²) in [6.07, 6.45) is 0.891. The van der Waals surface area contributed by atoms with Crippen LogP contribution in [0.15, 0.2) is 47.5 Å². The maximum Gasteiger partial charge on any atom is 0.191 e.